The van der Waals surface area contributed by atoms with E-state index in [4.69, 9.17) is 4.74 Å². The molecule has 1 aliphatic carbocycles. The van der Waals surface area contributed by atoms with Crippen molar-refractivity contribution in [2.45, 2.75) is 19.3 Å². The van der Waals surface area contributed by atoms with Gasteiger partial charge in [0.25, 0.3) is 11.8 Å². The quantitative estimate of drug-likeness (QED) is 0.565. The van der Waals surface area contributed by atoms with E-state index in [9.17, 15) is 9.59 Å². The first-order chi connectivity index (χ1) is 7.17. The van der Waals surface area contributed by atoms with Crippen molar-refractivity contribution in [1.82, 2.24) is 4.90 Å². The Bertz CT molecular complexity index is 267. The molecule has 1 saturated heterocycles. The van der Waals surface area contributed by atoms with Gasteiger partial charge >= 0.3 is 0 Å². The van der Waals surface area contributed by atoms with Gasteiger partial charge in [-0.1, -0.05) is 6.42 Å². The van der Waals surface area contributed by atoms with Gasteiger partial charge in [0, 0.05) is 6.54 Å². The molecule has 0 spiro atoms. The Labute approximate surface area is 94.4 Å². The van der Waals surface area contributed by atoms with Crippen LogP contribution in [0.4, 0.5) is 0 Å². The van der Waals surface area contributed by atoms with Crippen LogP contribution in [0.15, 0.2) is 0 Å². The lowest BCUT2D eigenvalue weighted by Crippen LogP contribution is -2.53. The van der Waals surface area contributed by atoms with Crippen molar-refractivity contribution in [1.29, 1.82) is 0 Å². The first kappa shape index (κ1) is 11.0. The highest BCUT2D eigenvalue weighted by atomic mass is 32.1. The number of rotatable bonds is 3. The Morgan fingerprint density at radius 3 is 2.27 bits per heavy atom. The Morgan fingerprint density at radius 2 is 1.87 bits per heavy atom. The Kier molecular flexibility index (Phi) is 3.02. The number of morpholine rings is 1. The number of amides is 2. The molecular weight excluding hydrogens is 214 g/mol. The smallest absolute Gasteiger partial charge is 0.255 e. The van der Waals surface area contributed by atoms with E-state index in [1.54, 1.807) is 0 Å². The number of nitrogens with zero attached hydrogens (tertiary/aromatic N) is 1. The topological polar surface area (TPSA) is 46.6 Å². The summed E-state index contributed by atoms with van der Waals surface area (Å²) in [4.78, 5) is 24.3. The molecule has 0 radical (unpaired) electrons. The van der Waals surface area contributed by atoms with Crippen molar-refractivity contribution >= 4 is 24.4 Å². The molecule has 2 aliphatic rings. The standard InChI is InChI=1S/C10H15NO3S/c12-8-4-14-5-9(13)11(8)6-10(7-15)2-1-3-10/h15H,1-7H2. The van der Waals surface area contributed by atoms with E-state index in [2.05, 4.69) is 12.6 Å². The van der Waals surface area contributed by atoms with Gasteiger partial charge in [0.05, 0.1) is 0 Å². The van der Waals surface area contributed by atoms with E-state index >= 15 is 0 Å². The highest BCUT2D eigenvalue weighted by molar-refractivity contribution is 7.80. The minimum Gasteiger partial charge on any atom is -0.362 e. The number of hydrogen-bond donors (Lipinski definition) is 1. The van der Waals surface area contributed by atoms with Crippen LogP contribution in [0.5, 0.6) is 0 Å². The molecule has 0 aromatic rings. The predicted octanol–water partition coefficient (Wildman–Crippen LogP) is 0.472. The molecule has 1 aliphatic heterocycles. The summed E-state index contributed by atoms with van der Waals surface area (Å²) >= 11 is 4.31. The second-order valence-electron chi connectivity index (χ2n) is 4.38. The molecule has 2 amide bonds. The number of ether oxygens (including phenoxy) is 1. The molecule has 0 unspecified atom stereocenters. The second kappa shape index (κ2) is 4.14. The van der Waals surface area contributed by atoms with E-state index < -0.39 is 0 Å². The predicted molar refractivity (Wildman–Crippen MR) is 57.7 cm³/mol. The Balaban J connectivity index is 2.02. The lowest BCUT2D eigenvalue weighted by atomic mass is 9.70. The van der Waals surface area contributed by atoms with Gasteiger partial charge < -0.3 is 4.74 Å². The van der Waals surface area contributed by atoms with E-state index in [1.807, 2.05) is 0 Å². The molecule has 5 heteroatoms. The third-order valence-corrected chi connectivity index (χ3v) is 3.97. The average molecular weight is 229 g/mol. The number of hydrogen-bond acceptors (Lipinski definition) is 4. The first-order valence-corrected chi connectivity index (χ1v) is 5.82. The summed E-state index contributed by atoms with van der Waals surface area (Å²) in [5.41, 5.74) is 0.0752. The SMILES string of the molecule is O=C1COCC(=O)N1CC1(CS)CCC1. The van der Waals surface area contributed by atoms with Crippen molar-refractivity contribution in [3.05, 3.63) is 0 Å². The molecule has 1 heterocycles. The molecule has 2 rings (SSSR count). The lowest BCUT2D eigenvalue weighted by Gasteiger charge is -2.44. The van der Waals surface area contributed by atoms with Gasteiger partial charge in [0.1, 0.15) is 13.2 Å². The van der Waals surface area contributed by atoms with Gasteiger partial charge in [-0.15, -0.1) is 0 Å². The van der Waals surface area contributed by atoms with Crippen LogP contribution in [0.1, 0.15) is 19.3 Å². The van der Waals surface area contributed by atoms with Crippen molar-refractivity contribution in [2.75, 3.05) is 25.5 Å². The second-order valence-corrected chi connectivity index (χ2v) is 4.69. The molecule has 15 heavy (non-hydrogen) atoms. The zero-order valence-corrected chi connectivity index (χ0v) is 9.46. The highest BCUT2D eigenvalue weighted by Crippen LogP contribution is 2.42. The first-order valence-electron chi connectivity index (χ1n) is 5.19. The molecule has 0 aromatic carbocycles. The van der Waals surface area contributed by atoms with Gasteiger partial charge in [-0.2, -0.15) is 12.6 Å². The van der Waals surface area contributed by atoms with Crippen LogP contribution in [-0.2, 0) is 14.3 Å². The van der Waals surface area contributed by atoms with Gasteiger partial charge in [0.15, 0.2) is 0 Å². The van der Waals surface area contributed by atoms with E-state index in [0.717, 1.165) is 18.6 Å². The fourth-order valence-corrected chi connectivity index (χ4v) is 2.49. The van der Waals surface area contributed by atoms with E-state index in [0.29, 0.717) is 6.54 Å². The fourth-order valence-electron chi connectivity index (χ4n) is 2.08. The fraction of sp³-hybridized carbons (Fsp3) is 0.800. The number of imide groups is 1. The molecule has 0 aromatic heterocycles. The molecule has 2 fully saturated rings. The summed E-state index contributed by atoms with van der Waals surface area (Å²) in [6.45, 7) is 0.598. The molecule has 0 N–H and O–H groups in total. The monoisotopic (exact) mass is 229 g/mol. The molecule has 1 saturated carbocycles. The normalized spacial score (nSPS) is 25.3. The van der Waals surface area contributed by atoms with Gasteiger partial charge in [-0.3, -0.25) is 14.5 Å². The highest BCUT2D eigenvalue weighted by Gasteiger charge is 2.41. The number of carbonyl (C=O) groups excluding carboxylic acids is 2. The van der Waals surface area contributed by atoms with Crippen LogP contribution < -0.4 is 0 Å². The molecule has 0 bridgehead atoms. The van der Waals surface area contributed by atoms with Crippen LogP contribution >= 0.6 is 12.6 Å². The maximum Gasteiger partial charge on any atom is 0.255 e. The molecule has 0 atom stereocenters. The Hall–Kier alpha value is -0.550. The van der Waals surface area contributed by atoms with Crippen LogP contribution in [0.2, 0.25) is 0 Å². The lowest BCUT2D eigenvalue weighted by molar-refractivity contribution is -0.161. The third-order valence-electron chi connectivity index (χ3n) is 3.30. The van der Waals surface area contributed by atoms with Crippen molar-refractivity contribution in [3.8, 4) is 0 Å². The van der Waals surface area contributed by atoms with E-state index in [-0.39, 0.29) is 30.4 Å². The summed E-state index contributed by atoms with van der Waals surface area (Å²) in [6.07, 6.45) is 3.30. The molecule has 4 nitrogen and oxygen atoms in total. The van der Waals surface area contributed by atoms with Crippen molar-refractivity contribution in [3.63, 3.8) is 0 Å². The Morgan fingerprint density at radius 1 is 1.27 bits per heavy atom. The van der Waals surface area contributed by atoms with Crippen LogP contribution in [-0.4, -0.2) is 42.2 Å². The molecular formula is C10H15NO3S. The maximum absolute atomic E-state index is 11.5. The number of thiol groups is 1. The zero-order chi connectivity index (χ0) is 10.9. The van der Waals surface area contributed by atoms with Crippen LogP contribution in [0.25, 0.3) is 0 Å². The largest absolute Gasteiger partial charge is 0.362 e. The minimum absolute atomic E-state index is 0.0361. The zero-order valence-electron chi connectivity index (χ0n) is 8.57. The summed E-state index contributed by atoms with van der Waals surface area (Å²) in [6, 6.07) is 0. The van der Waals surface area contributed by atoms with Crippen molar-refractivity contribution < 1.29 is 14.3 Å². The summed E-state index contributed by atoms with van der Waals surface area (Å²) < 4.78 is 4.86. The summed E-state index contributed by atoms with van der Waals surface area (Å²) in [5, 5.41) is 0. The average Bonchev–Trinajstić information content (AvgIpc) is 2.15. The van der Waals surface area contributed by atoms with Crippen LogP contribution in [0, 0.1) is 5.41 Å². The third kappa shape index (κ3) is 2.03. The van der Waals surface area contributed by atoms with Gasteiger partial charge in [0.2, 0.25) is 0 Å². The van der Waals surface area contributed by atoms with Crippen molar-refractivity contribution in [2.24, 2.45) is 5.41 Å². The minimum atomic E-state index is -0.209. The summed E-state index contributed by atoms with van der Waals surface area (Å²) in [5.74, 6) is 0.323. The number of carbonyl (C=O) groups is 2. The van der Waals surface area contributed by atoms with Gasteiger partial charge in [-0.05, 0) is 24.0 Å². The maximum atomic E-state index is 11.5. The molecule has 84 valence electrons. The summed E-state index contributed by atoms with van der Waals surface area (Å²) in [7, 11) is 0. The van der Waals surface area contributed by atoms with Crippen LogP contribution in [0.3, 0.4) is 0 Å². The van der Waals surface area contributed by atoms with E-state index in [1.165, 1.54) is 11.3 Å². The van der Waals surface area contributed by atoms with Gasteiger partial charge in [-0.25, -0.2) is 0 Å².